The highest BCUT2D eigenvalue weighted by atomic mass is 16.2. The Kier molecular flexibility index (Phi) is 6.64. The van der Waals surface area contributed by atoms with E-state index in [1.807, 2.05) is 85.8 Å². The van der Waals surface area contributed by atoms with E-state index in [1.54, 1.807) is 18.5 Å². The lowest BCUT2D eigenvalue weighted by Crippen LogP contribution is -2.18. The third kappa shape index (κ3) is 5.18. The van der Waals surface area contributed by atoms with E-state index in [0.717, 1.165) is 33.2 Å². The number of carbonyl (C=O) groups excluding carboxylic acids is 2. The maximum atomic E-state index is 13.1. The highest BCUT2D eigenvalue weighted by molar-refractivity contribution is 6.24. The molecule has 6 heteroatoms. The molecule has 1 atom stereocenters. The Morgan fingerprint density at radius 3 is 2.24 bits per heavy atom. The van der Waals surface area contributed by atoms with Crippen molar-refractivity contribution < 1.29 is 9.59 Å². The van der Waals surface area contributed by atoms with Crippen LogP contribution in [0.2, 0.25) is 0 Å². The summed E-state index contributed by atoms with van der Waals surface area (Å²) in [5, 5.41) is 3.75. The van der Waals surface area contributed by atoms with Gasteiger partial charge in [0.05, 0.1) is 17.8 Å². The summed E-state index contributed by atoms with van der Waals surface area (Å²) in [5.41, 5.74) is 11.9. The molecule has 0 bridgehead atoms. The molecule has 1 unspecified atom stereocenters. The predicted octanol–water partition coefficient (Wildman–Crippen LogP) is 6.00. The molecule has 2 aromatic heterocycles. The van der Waals surface area contributed by atoms with Gasteiger partial charge in [0.1, 0.15) is 5.65 Å². The van der Waals surface area contributed by atoms with Gasteiger partial charge in [-0.1, -0.05) is 84.9 Å². The first kappa shape index (κ1) is 23.8. The number of aromatic nitrogens is 2. The van der Waals surface area contributed by atoms with Crippen LogP contribution in [0.25, 0.3) is 33.8 Å². The lowest BCUT2D eigenvalue weighted by Gasteiger charge is -2.13. The number of rotatable bonds is 7. The maximum absolute atomic E-state index is 13.1. The van der Waals surface area contributed by atoms with Gasteiger partial charge < -0.3 is 16.0 Å². The average Bonchev–Trinajstić information content (AvgIpc) is 3.34. The summed E-state index contributed by atoms with van der Waals surface area (Å²) in [6.07, 6.45) is 5.12. The van der Waals surface area contributed by atoms with Crippen molar-refractivity contribution in [1.29, 1.82) is 0 Å². The first-order valence-electron chi connectivity index (χ1n) is 12.0. The molecule has 2 heterocycles. The number of hydrogen-bond acceptors (Lipinski definition) is 3. The largest absolute Gasteiger partial charge is 0.366 e. The first-order valence-corrected chi connectivity index (χ1v) is 12.0. The smallest absolute Gasteiger partial charge is 0.249 e. The fourth-order valence-corrected chi connectivity index (χ4v) is 4.28. The third-order valence-electron chi connectivity index (χ3n) is 6.39. The highest BCUT2D eigenvalue weighted by Gasteiger charge is 2.17. The van der Waals surface area contributed by atoms with Gasteiger partial charge in [-0.3, -0.25) is 9.59 Å². The molecule has 0 aliphatic rings. The SMILES string of the molecule is CC(C(=O)Nc1cnc2[nH]cc(C=C(C(N)=O)c3ccccc3)c2c1)c1ccc(-c2ccccc2)cc1. The van der Waals surface area contributed by atoms with Gasteiger partial charge in [0.25, 0.3) is 0 Å². The number of fused-ring (bicyclic) bond motifs is 1. The summed E-state index contributed by atoms with van der Waals surface area (Å²) >= 11 is 0. The van der Waals surface area contributed by atoms with Crippen LogP contribution in [0, 0.1) is 0 Å². The Morgan fingerprint density at radius 2 is 1.57 bits per heavy atom. The van der Waals surface area contributed by atoms with E-state index in [2.05, 4.69) is 27.4 Å². The molecular formula is C31H26N4O2. The molecule has 37 heavy (non-hydrogen) atoms. The minimum absolute atomic E-state index is 0.136. The quantitative estimate of drug-likeness (QED) is 0.246. The summed E-state index contributed by atoms with van der Waals surface area (Å²) in [4.78, 5) is 32.8. The molecule has 0 aliphatic carbocycles. The van der Waals surface area contributed by atoms with Gasteiger partial charge in [-0.05, 0) is 41.3 Å². The monoisotopic (exact) mass is 486 g/mol. The molecule has 0 fully saturated rings. The van der Waals surface area contributed by atoms with Crippen molar-refractivity contribution in [1.82, 2.24) is 9.97 Å². The number of hydrogen-bond donors (Lipinski definition) is 3. The summed E-state index contributed by atoms with van der Waals surface area (Å²) in [7, 11) is 0. The number of anilines is 1. The molecule has 0 aliphatic heterocycles. The normalized spacial score (nSPS) is 12.3. The van der Waals surface area contributed by atoms with Gasteiger partial charge in [-0.25, -0.2) is 4.98 Å². The van der Waals surface area contributed by atoms with Gasteiger partial charge in [0.2, 0.25) is 11.8 Å². The molecule has 182 valence electrons. The van der Waals surface area contributed by atoms with Crippen molar-refractivity contribution in [3.63, 3.8) is 0 Å². The van der Waals surface area contributed by atoms with Crippen LogP contribution in [0.3, 0.4) is 0 Å². The van der Waals surface area contributed by atoms with Crippen LogP contribution >= 0.6 is 0 Å². The standard InChI is InChI=1S/C31H26N4O2/c1-20(21-12-14-23(15-13-21)22-8-4-2-5-9-22)31(37)35-26-17-28-25(18-33-30(28)34-19-26)16-27(29(32)36)24-10-6-3-7-11-24/h2-20H,1H3,(H2,32,36)(H,33,34)(H,35,37). The number of amides is 2. The van der Waals surface area contributed by atoms with Crippen LogP contribution in [-0.4, -0.2) is 21.8 Å². The number of benzene rings is 3. The Balaban J connectivity index is 1.37. The number of pyridine rings is 1. The number of nitrogens with two attached hydrogens (primary N) is 1. The molecule has 2 amide bonds. The molecule has 5 aromatic rings. The topological polar surface area (TPSA) is 101 Å². The van der Waals surface area contributed by atoms with Crippen molar-refractivity contribution in [3.05, 3.63) is 120 Å². The van der Waals surface area contributed by atoms with E-state index >= 15 is 0 Å². The minimum Gasteiger partial charge on any atom is -0.366 e. The Hall–Kier alpha value is -4.97. The summed E-state index contributed by atoms with van der Waals surface area (Å²) in [6.45, 7) is 1.88. The fraction of sp³-hybridized carbons (Fsp3) is 0.0645. The van der Waals surface area contributed by atoms with E-state index in [1.165, 1.54) is 0 Å². The third-order valence-corrected chi connectivity index (χ3v) is 6.39. The molecule has 6 nitrogen and oxygen atoms in total. The summed E-state index contributed by atoms with van der Waals surface area (Å²) in [6, 6.07) is 29.3. The fourth-order valence-electron chi connectivity index (χ4n) is 4.28. The molecule has 0 spiro atoms. The number of primary amides is 1. The molecule has 4 N–H and O–H groups in total. The average molecular weight is 487 g/mol. The van der Waals surface area contributed by atoms with Gasteiger partial charge in [0.15, 0.2) is 0 Å². The van der Waals surface area contributed by atoms with E-state index in [9.17, 15) is 9.59 Å². The Labute approximate surface area is 214 Å². The van der Waals surface area contributed by atoms with Crippen LogP contribution < -0.4 is 11.1 Å². The molecule has 3 aromatic carbocycles. The number of nitrogens with one attached hydrogen (secondary N) is 2. The Bertz CT molecular complexity index is 1590. The second-order valence-electron chi connectivity index (χ2n) is 8.85. The number of nitrogens with zero attached hydrogens (tertiary/aromatic N) is 1. The van der Waals surface area contributed by atoms with Crippen molar-refractivity contribution >= 4 is 40.2 Å². The van der Waals surface area contributed by atoms with Crippen LogP contribution in [0.5, 0.6) is 0 Å². The minimum atomic E-state index is -0.523. The van der Waals surface area contributed by atoms with E-state index in [-0.39, 0.29) is 11.8 Å². The number of H-pyrrole nitrogens is 1. The summed E-state index contributed by atoms with van der Waals surface area (Å²) in [5.74, 6) is -1.01. The van der Waals surface area contributed by atoms with Crippen LogP contribution in [-0.2, 0) is 9.59 Å². The number of aromatic amines is 1. The molecule has 0 saturated carbocycles. The van der Waals surface area contributed by atoms with Gasteiger partial charge >= 0.3 is 0 Å². The zero-order chi connectivity index (χ0) is 25.8. The molecule has 5 rings (SSSR count). The highest BCUT2D eigenvalue weighted by Crippen LogP contribution is 2.27. The Morgan fingerprint density at radius 1 is 0.919 bits per heavy atom. The van der Waals surface area contributed by atoms with Crippen molar-refractivity contribution in [3.8, 4) is 11.1 Å². The lowest BCUT2D eigenvalue weighted by atomic mass is 9.97. The van der Waals surface area contributed by atoms with Gasteiger partial charge in [0, 0.05) is 22.7 Å². The maximum Gasteiger partial charge on any atom is 0.249 e. The molecule has 0 radical (unpaired) electrons. The van der Waals surface area contributed by atoms with E-state index in [4.69, 9.17) is 5.73 Å². The predicted molar refractivity (Wildman–Crippen MR) is 149 cm³/mol. The van der Waals surface area contributed by atoms with Gasteiger partial charge in [-0.2, -0.15) is 0 Å². The first-order chi connectivity index (χ1) is 18.0. The zero-order valence-electron chi connectivity index (χ0n) is 20.3. The van der Waals surface area contributed by atoms with Crippen molar-refractivity contribution in [2.24, 2.45) is 5.73 Å². The van der Waals surface area contributed by atoms with Crippen molar-refractivity contribution in [2.45, 2.75) is 12.8 Å². The summed E-state index contributed by atoms with van der Waals surface area (Å²) < 4.78 is 0. The van der Waals surface area contributed by atoms with Crippen molar-refractivity contribution in [2.75, 3.05) is 5.32 Å². The zero-order valence-corrected chi connectivity index (χ0v) is 20.3. The molecular weight excluding hydrogens is 460 g/mol. The van der Waals surface area contributed by atoms with E-state index < -0.39 is 5.91 Å². The van der Waals surface area contributed by atoms with Crippen LogP contribution in [0.15, 0.2) is 103 Å². The number of carbonyl (C=O) groups is 2. The second kappa shape index (κ2) is 10.3. The lowest BCUT2D eigenvalue weighted by molar-refractivity contribution is -0.117. The molecule has 0 saturated heterocycles. The second-order valence-corrected chi connectivity index (χ2v) is 8.85. The van der Waals surface area contributed by atoms with E-state index in [0.29, 0.717) is 16.9 Å². The van der Waals surface area contributed by atoms with Crippen LogP contribution in [0.1, 0.15) is 29.5 Å². The van der Waals surface area contributed by atoms with Gasteiger partial charge in [-0.15, -0.1) is 0 Å². The van der Waals surface area contributed by atoms with Crippen LogP contribution in [0.4, 0.5) is 5.69 Å².